The van der Waals surface area contributed by atoms with Gasteiger partial charge >= 0.3 is 6.55 Å². The van der Waals surface area contributed by atoms with Crippen molar-refractivity contribution >= 4 is 5.96 Å². The van der Waals surface area contributed by atoms with Crippen LogP contribution in [0.25, 0.3) is 0 Å². The van der Waals surface area contributed by atoms with Crippen molar-refractivity contribution in [2.45, 2.75) is 58.7 Å². The SMILES string of the molecule is CCNC(=NCc1nccn1C(F)F)NCC(C)(C)N1CCCCC1. The number of aliphatic imine (C=N–C) groups is 1. The fraction of sp³-hybridized carbons (Fsp3) is 0.765. The van der Waals surface area contributed by atoms with Crippen LogP contribution in [-0.2, 0) is 6.54 Å². The van der Waals surface area contributed by atoms with E-state index in [2.05, 4.69) is 39.4 Å². The van der Waals surface area contributed by atoms with Crippen LogP contribution in [-0.4, -0.2) is 52.1 Å². The van der Waals surface area contributed by atoms with Crippen LogP contribution < -0.4 is 10.6 Å². The minimum Gasteiger partial charge on any atom is -0.357 e. The number of hydrogen-bond acceptors (Lipinski definition) is 3. The fourth-order valence-electron chi connectivity index (χ4n) is 3.05. The van der Waals surface area contributed by atoms with E-state index in [0.717, 1.165) is 24.2 Å². The van der Waals surface area contributed by atoms with Crippen molar-refractivity contribution in [3.63, 3.8) is 0 Å². The van der Waals surface area contributed by atoms with Crippen molar-refractivity contribution in [3.8, 4) is 0 Å². The third-order valence-electron chi connectivity index (χ3n) is 4.58. The lowest BCUT2D eigenvalue weighted by atomic mass is 9.98. The van der Waals surface area contributed by atoms with Gasteiger partial charge in [0.25, 0.3) is 0 Å². The van der Waals surface area contributed by atoms with Crippen molar-refractivity contribution in [2.75, 3.05) is 26.2 Å². The molecule has 2 N–H and O–H groups in total. The lowest BCUT2D eigenvalue weighted by Gasteiger charge is -2.41. The van der Waals surface area contributed by atoms with E-state index in [1.165, 1.54) is 31.7 Å². The molecule has 0 radical (unpaired) electrons. The third-order valence-corrected chi connectivity index (χ3v) is 4.58. The Morgan fingerprint density at radius 3 is 2.64 bits per heavy atom. The first-order chi connectivity index (χ1) is 11.9. The highest BCUT2D eigenvalue weighted by Crippen LogP contribution is 2.19. The molecule has 0 spiro atoms. The van der Waals surface area contributed by atoms with Crippen molar-refractivity contribution in [1.82, 2.24) is 25.1 Å². The first kappa shape index (κ1) is 19.6. The second kappa shape index (κ2) is 9.12. The van der Waals surface area contributed by atoms with Gasteiger partial charge in [0.05, 0.1) is 0 Å². The molecule has 1 aromatic rings. The molecule has 0 aliphatic carbocycles. The molecule has 0 aromatic carbocycles. The van der Waals surface area contributed by atoms with Crippen LogP contribution in [0.1, 0.15) is 52.4 Å². The van der Waals surface area contributed by atoms with Gasteiger partial charge in [-0.1, -0.05) is 6.42 Å². The number of rotatable bonds is 7. The largest absolute Gasteiger partial charge is 0.357 e. The normalized spacial score (nSPS) is 17.1. The lowest BCUT2D eigenvalue weighted by molar-refractivity contribution is 0.0671. The Hall–Kier alpha value is -1.70. The van der Waals surface area contributed by atoms with Crippen LogP contribution in [0.15, 0.2) is 17.4 Å². The average molecular weight is 356 g/mol. The molecule has 0 atom stereocenters. The molecule has 142 valence electrons. The molecular formula is C17H30F2N6. The Kier molecular flexibility index (Phi) is 7.16. The third kappa shape index (κ3) is 5.66. The zero-order valence-corrected chi connectivity index (χ0v) is 15.4. The summed E-state index contributed by atoms with van der Waals surface area (Å²) in [5.74, 6) is 0.874. The quantitative estimate of drug-likeness (QED) is 0.582. The van der Waals surface area contributed by atoms with Gasteiger partial charge < -0.3 is 10.6 Å². The number of halogens is 2. The molecule has 0 amide bonds. The van der Waals surface area contributed by atoms with E-state index in [1.807, 2.05) is 6.92 Å². The molecule has 0 unspecified atom stereocenters. The van der Waals surface area contributed by atoms with Crippen LogP contribution in [0, 0.1) is 0 Å². The van der Waals surface area contributed by atoms with E-state index < -0.39 is 6.55 Å². The predicted octanol–water partition coefficient (Wildman–Crippen LogP) is 2.60. The molecule has 1 fully saturated rings. The summed E-state index contributed by atoms with van der Waals surface area (Å²) in [6.07, 6.45) is 6.44. The van der Waals surface area contributed by atoms with Gasteiger partial charge in [0, 0.05) is 31.0 Å². The number of guanidine groups is 1. The highest BCUT2D eigenvalue weighted by atomic mass is 19.3. The van der Waals surface area contributed by atoms with Gasteiger partial charge in [-0.3, -0.25) is 9.47 Å². The molecule has 1 saturated heterocycles. The molecule has 2 heterocycles. The smallest absolute Gasteiger partial charge is 0.319 e. The summed E-state index contributed by atoms with van der Waals surface area (Å²) in [5, 5.41) is 6.51. The van der Waals surface area contributed by atoms with Crippen LogP contribution in [0.2, 0.25) is 0 Å². The maximum atomic E-state index is 12.9. The van der Waals surface area contributed by atoms with Gasteiger partial charge in [-0.15, -0.1) is 0 Å². The fourth-order valence-corrected chi connectivity index (χ4v) is 3.05. The van der Waals surface area contributed by atoms with Gasteiger partial charge in [0.2, 0.25) is 0 Å². The summed E-state index contributed by atoms with van der Waals surface area (Å²) < 4.78 is 26.6. The number of likely N-dealkylation sites (tertiary alicyclic amines) is 1. The molecule has 0 bridgehead atoms. The number of nitrogens with one attached hydrogen (secondary N) is 2. The van der Waals surface area contributed by atoms with Crippen LogP contribution in [0.4, 0.5) is 8.78 Å². The highest BCUT2D eigenvalue weighted by molar-refractivity contribution is 5.79. The number of piperidine rings is 1. The average Bonchev–Trinajstić information content (AvgIpc) is 3.07. The second-order valence-electron chi connectivity index (χ2n) is 6.94. The van der Waals surface area contributed by atoms with Gasteiger partial charge in [0.15, 0.2) is 5.96 Å². The number of alkyl halides is 2. The molecule has 0 saturated carbocycles. The van der Waals surface area contributed by atoms with Crippen molar-refractivity contribution in [1.29, 1.82) is 0 Å². The maximum absolute atomic E-state index is 12.9. The van der Waals surface area contributed by atoms with E-state index in [1.54, 1.807) is 0 Å². The number of nitrogens with zero attached hydrogens (tertiary/aromatic N) is 4. The van der Waals surface area contributed by atoms with Crippen LogP contribution in [0.3, 0.4) is 0 Å². The van der Waals surface area contributed by atoms with Gasteiger partial charge in [-0.2, -0.15) is 8.78 Å². The van der Waals surface area contributed by atoms with E-state index in [0.29, 0.717) is 12.5 Å². The molecule has 6 nitrogen and oxygen atoms in total. The monoisotopic (exact) mass is 356 g/mol. The van der Waals surface area contributed by atoms with E-state index in [4.69, 9.17) is 0 Å². The van der Waals surface area contributed by atoms with Crippen molar-refractivity contribution < 1.29 is 8.78 Å². The summed E-state index contributed by atoms with van der Waals surface area (Å²) in [7, 11) is 0. The van der Waals surface area contributed by atoms with Crippen molar-refractivity contribution in [3.05, 3.63) is 18.2 Å². The van der Waals surface area contributed by atoms with Crippen LogP contribution >= 0.6 is 0 Å². The molecule has 1 aliphatic rings. The van der Waals surface area contributed by atoms with Gasteiger partial charge in [0.1, 0.15) is 12.4 Å². The number of aromatic nitrogens is 2. The van der Waals surface area contributed by atoms with E-state index in [9.17, 15) is 8.78 Å². The molecular weight excluding hydrogens is 326 g/mol. The summed E-state index contributed by atoms with van der Waals surface area (Å²) in [5.41, 5.74) is 0.0120. The topological polar surface area (TPSA) is 57.5 Å². The standard InChI is InChI=1S/C17H30F2N6/c1-4-20-16(22-12-14-21-8-11-25(14)15(18)19)23-13-17(2,3)24-9-6-5-7-10-24/h8,11,15H,4-7,9-10,12-13H2,1-3H3,(H2,20,22,23). The zero-order chi connectivity index (χ0) is 18.3. The Balaban J connectivity index is 1.96. The first-order valence-corrected chi connectivity index (χ1v) is 9.01. The van der Waals surface area contributed by atoms with Gasteiger partial charge in [-0.05, 0) is 46.7 Å². The highest BCUT2D eigenvalue weighted by Gasteiger charge is 2.27. The first-order valence-electron chi connectivity index (χ1n) is 9.01. The Morgan fingerprint density at radius 1 is 1.28 bits per heavy atom. The lowest BCUT2D eigenvalue weighted by Crippen LogP contribution is -2.54. The van der Waals surface area contributed by atoms with Gasteiger partial charge in [-0.25, -0.2) is 9.98 Å². The van der Waals surface area contributed by atoms with E-state index >= 15 is 0 Å². The molecule has 25 heavy (non-hydrogen) atoms. The molecule has 8 heteroatoms. The Labute approximate surface area is 148 Å². The van der Waals surface area contributed by atoms with E-state index in [-0.39, 0.29) is 17.9 Å². The summed E-state index contributed by atoms with van der Waals surface area (Å²) in [6, 6.07) is 0. The predicted molar refractivity (Wildman–Crippen MR) is 95.8 cm³/mol. The summed E-state index contributed by atoms with van der Waals surface area (Å²) in [4.78, 5) is 10.9. The van der Waals surface area contributed by atoms with Crippen LogP contribution in [0.5, 0.6) is 0 Å². The Bertz CT molecular complexity index is 549. The van der Waals surface area contributed by atoms with Crippen molar-refractivity contribution in [2.24, 2.45) is 4.99 Å². The molecule has 1 aromatic heterocycles. The number of imidazole rings is 1. The summed E-state index contributed by atoms with van der Waals surface area (Å²) >= 11 is 0. The molecule has 2 rings (SSSR count). The minimum absolute atomic E-state index is 0.0120. The second-order valence-corrected chi connectivity index (χ2v) is 6.94. The molecule has 1 aliphatic heterocycles. The Morgan fingerprint density at radius 2 is 2.00 bits per heavy atom. The maximum Gasteiger partial charge on any atom is 0.319 e. The minimum atomic E-state index is -2.60. The zero-order valence-electron chi connectivity index (χ0n) is 15.4. The number of hydrogen-bond donors (Lipinski definition) is 2. The summed E-state index contributed by atoms with van der Waals surface area (Å²) in [6.45, 7) is 7.62.